The van der Waals surface area contributed by atoms with Crippen LogP contribution in [0.15, 0.2) is 23.1 Å². The molecule has 0 saturated carbocycles. The maximum absolute atomic E-state index is 10.7. The van der Waals surface area contributed by atoms with Crippen LogP contribution in [0.4, 0.5) is 4.79 Å². The third-order valence-electron chi connectivity index (χ3n) is 1.58. The minimum Gasteiger partial charge on any atom is -0.497 e. The Hall–Kier alpha value is -1.36. The quantitative estimate of drug-likeness (QED) is 0.779. The van der Waals surface area contributed by atoms with E-state index < -0.39 is 5.24 Å². The molecule has 0 unspecified atom stereocenters. The second-order valence-electron chi connectivity index (χ2n) is 2.44. The lowest BCUT2D eigenvalue weighted by atomic mass is 10.3. The molecule has 0 aromatic heterocycles. The highest BCUT2D eigenvalue weighted by atomic mass is 32.2. The molecule has 76 valence electrons. The van der Waals surface area contributed by atoms with E-state index in [2.05, 4.69) is 0 Å². The zero-order valence-corrected chi connectivity index (χ0v) is 8.76. The van der Waals surface area contributed by atoms with Gasteiger partial charge in [-0.05, 0) is 23.9 Å². The second-order valence-corrected chi connectivity index (χ2v) is 3.48. The number of amides is 1. The minimum absolute atomic E-state index is 0.464. The third kappa shape index (κ3) is 2.56. The fraction of sp³-hybridized carbons (Fsp3) is 0.222. The van der Waals surface area contributed by atoms with Crippen molar-refractivity contribution >= 4 is 17.0 Å². The van der Waals surface area contributed by atoms with Crippen molar-refractivity contribution in [1.29, 1.82) is 0 Å². The van der Waals surface area contributed by atoms with Crippen LogP contribution in [-0.2, 0) is 0 Å². The molecule has 4 nitrogen and oxygen atoms in total. The van der Waals surface area contributed by atoms with Crippen LogP contribution in [-0.4, -0.2) is 19.5 Å². The first-order valence-corrected chi connectivity index (χ1v) is 4.68. The lowest BCUT2D eigenvalue weighted by Gasteiger charge is -2.07. The Morgan fingerprint density at radius 3 is 2.57 bits per heavy atom. The molecular weight excluding hydrogens is 202 g/mol. The number of ether oxygens (including phenoxy) is 2. The lowest BCUT2D eigenvalue weighted by Crippen LogP contribution is -2.02. The van der Waals surface area contributed by atoms with E-state index in [0.29, 0.717) is 16.4 Å². The van der Waals surface area contributed by atoms with Crippen LogP contribution in [0.3, 0.4) is 0 Å². The first-order chi connectivity index (χ1) is 6.67. The van der Waals surface area contributed by atoms with E-state index in [1.54, 1.807) is 25.3 Å². The summed E-state index contributed by atoms with van der Waals surface area (Å²) in [5, 5.41) is -0.464. The molecule has 0 radical (unpaired) electrons. The van der Waals surface area contributed by atoms with Crippen molar-refractivity contribution < 1.29 is 14.3 Å². The zero-order chi connectivity index (χ0) is 10.6. The summed E-state index contributed by atoms with van der Waals surface area (Å²) in [4.78, 5) is 11.4. The number of hydrogen-bond acceptors (Lipinski definition) is 4. The molecule has 0 spiro atoms. The Bertz CT molecular complexity index is 341. The summed E-state index contributed by atoms with van der Waals surface area (Å²) in [6.07, 6.45) is 0. The van der Waals surface area contributed by atoms with E-state index in [-0.39, 0.29) is 0 Å². The molecule has 0 fully saturated rings. The Morgan fingerprint density at radius 2 is 2.07 bits per heavy atom. The van der Waals surface area contributed by atoms with Gasteiger partial charge in [0.05, 0.1) is 19.1 Å². The second kappa shape index (κ2) is 4.76. The number of benzene rings is 1. The van der Waals surface area contributed by atoms with Crippen molar-refractivity contribution in [1.82, 2.24) is 0 Å². The number of hydrogen-bond donors (Lipinski definition) is 1. The van der Waals surface area contributed by atoms with Gasteiger partial charge >= 0.3 is 0 Å². The third-order valence-corrected chi connectivity index (χ3v) is 2.34. The van der Waals surface area contributed by atoms with Gasteiger partial charge in [-0.15, -0.1) is 0 Å². The highest BCUT2D eigenvalue weighted by Gasteiger charge is 2.07. The highest BCUT2D eigenvalue weighted by molar-refractivity contribution is 8.13. The molecule has 0 aliphatic carbocycles. The van der Waals surface area contributed by atoms with E-state index >= 15 is 0 Å². The molecule has 0 aliphatic heterocycles. The molecule has 1 rings (SSSR count). The number of rotatable bonds is 3. The van der Waals surface area contributed by atoms with E-state index in [1.807, 2.05) is 0 Å². The largest absolute Gasteiger partial charge is 0.497 e. The number of carbonyl (C=O) groups excluding carboxylic acids is 1. The lowest BCUT2D eigenvalue weighted by molar-refractivity contribution is 0.267. The maximum atomic E-state index is 10.7. The van der Waals surface area contributed by atoms with Crippen LogP contribution in [0, 0.1) is 0 Å². The molecule has 0 heterocycles. The molecule has 1 aromatic rings. The summed E-state index contributed by atoms with van der Waals surface area (Å²) in [6.45, 7) is 0. The molecule has 1 amide bonds. The fourth-order valence-electron chi connectivity index (χ4n) is 0.968. The van der Waals surface area contributed by atoms with Gasteiger partial charge in [0.2, 0.25) is 0 Å². The summed E-state index contributed by atoms with van der Waals surface area (Å²) in [5.41, 5.74) is 5.06. The molecule has 14 heavy (non-hydrogen) atoms. The molecule has 0 bridgehead atoms. The molecule has 5 heteroatoms. The predicted molar refractivity (Wildman–Crippen MR) is 55.0 cm³/mol. The van der Waals surface area contributed by atoms with Crippen LogP contribution in [0.2, 0.25) is 0 Å². The van der Waals surface area contributed by atoms with Gasteiger partial charge in [-0.2, -0.15) is 0 Å². The van der Waals surface area contributed by atoms with Crippen molar-refractivity contribution in [2.45, 2.75) is 4.90 Å². The molecule has 1 aromatic carbocycles. The topological polar surface area (TPSA) is 61.5 Å². The monoisotopic (exact) mass is 213 g/mol. The number of methoxy groups -OCH3 is 2. The van der Waals surface area contributed by atoms with Crippen LogP contribution in [0.25, 0.3) is 0 Å². The van der Waals surface area contributed by atoms with E-state index in [1.165, 1.54) is 7.11 Å². The number of nitrogens with two attached hydrogens (primary N) is 1. The Kier molecular flexibility index (Phi) is 3.64. The van der Waals surface area contributed by atoms with Crippen molar-refractivity contribution in [2.75, 3.05) is 14.2 Å². The van der Waals surface area contributed by atoms with Crippen molar-refractivity contribution in [3.05, 3.63) is 18.2 Å². The zero-order valence-electron chi connectivity index (χ0n) is 7.94. The first kappa shape index (κ1) is 10.7. The van der Waals surface area contributed by atoms with Crippen molar-refractivity contribution in [2.24, 2.45) is 5.73 Å². The molecule has 2 N–H and O–H groups in total. The standard InChI is InChI=1S/C9H11NO3S/c1-12-6-3-4-8(14-9(10)11)7(5-6)13-2/h3-5H,1-2H3,(H2,10,11). The van der Waals surface area contributed by atoms with Crippen molar-refractivity contribution in [3.63, 3.8) is 0 Å². The van der Waals surface area contributed by atoms with Gasteiger partial charge in [0.1, 0.15) is 11.5 Å². The van der Waals surface area contributed by atoms with Gasteiger partial charge in [-0.3, -0.25) is 4.79 Å². The average Bonchev–Trinajstić information content (AvgIpc) is 2.17. The summed E-state index contributed by atoms with van der Waals surface area (Å²) >= 11 is 0.927. The van der Waals surface area contributed by atoms with Gasteiger partial charge in [0.15, 0.2) is 0 Å². The minimum atomic E-state index is -0.464. The summed E-state index contributed by atoms with van der Waals surface area (Å²) < 4.78 is 10.1. The molecule has 0 atom stereocenters. The molecule has 0 saturated heterocycles. The van der Waals surface area contributed by atoms with Gasteiger partial charge in [0.25, 0.3) is 5.24 Å². The number of carbonyl (C=O) groups is 1. The average molecular weight is 213 g/mol. The molecule has 0 aliphatic rings. The van der Waals surface area contributed by atoms with E-state index in [0.717, 1.165) is 11.8 Å². The van der Waals surface area contributed by atoms with Gasteiger partial charge in [0, 0.05) is 6.07 Å². The SMILES string of the molecule is COc1ccc(SC(N)=O)c(OC)c1. The Balaban J connectivity index is 2.98. The van der Waals surface area contributed by atoms with Crippen LogP contribution in [0.1, 0.15) is 0 Å². The maximum Gasteiger partial charge on any atom is 0.281 e. The fourth-order valence-corrected chi connectivity index (χ4v) is 1.56. The van der Waals surface area contributed by atoms with Crippen LogP contribution < -0.4 is 15.2 Å². The van der Waals surface area contributed by atoms with E-state index in [9.17, 15) is 4.79 Å². The van der Waals surface area contributed by atoms with Gasteiger partial charge < -0.3 is 15.2 Å². The smallest absolute Gasteiger partial charge is 0.281 e. The normalized spacial score (nSPS) is 9.57. The predicted octanol–water partition coefficient (Wildman–Crippen LogP) is 1.87. The van der Waals surface area contributed by atoms with Crippen molar-refractivity contribution in [3.8, 4) is 11.5 Å². The summed E-state index contributed by atoms with van der Waals surface area (Å²) in [5.74, 6) is 1.25. The Morgan fingerprint density at radius 1 is 1.36 bits per heavy atom. The number of thioether (sulfide) groups is 1. The van der Waals surface area contributed by atoms with Crippen LogP contribution in [0.5, 0.6) is 11.5 Å². The highest BCUT2D eigenvalue weighted by Crippen LogP contribution is 2.32. The van der Waals surface area contributed by atoms with E-state index in [4.69, 9.17) is 15.2 Å². The van der Waals surface area contributed by atoms with Gasteiger partial charge in [-0.25, -0.2) is 0 Å². The molecular formula is C9H11NO3S. The van der Waals surface area contributed by atoms with Gasteiger partial charge in [-0.1, -0.05) is 0 Å². The van der Waals surface area contributed by atoms with Crippen LogP contribution >= 0.6 is 11.8 Å². The first-order valence-electron chi connectivity index (χ1n) is 3.86. The Labute approximate surface area is 86.4 Å². The number of primary amides is 1. The summed E-state index contributed by atoms with van der Waals surface area (Å²) in [6, 6.07) is 5.17. The summed E-state index contributed by atoms with van der Waals surface area (Å²) in [7, 11) is 3.09.